The molecule has 1 heterocycles. The van der Waals surface area contributed by atoms with Gasteiger partial charge in [-0.3, -0.25) is 0 Å². The first-order valence-electron chi connectivity index (χ1n) is 8.39. The Kier molecular flexibility index (Phi) is 5.54. The molecule has 0 fully saturated rings. The molecule has 124 valence electrons. The van der Waals surface area contributed by atoms with E-state index in [0.717, 1.165) is 12.2 Å². The Morgan fingerprint density at radius 3 is 2.57 bits per heavy atom. The van der Waals surface area contributed by atoms with Gasteiger partial charge < -0.3 is 14.7 Å². The van der Waals surface area contributed by atoms with E-state index < -0.39 is 0 Å². The minimum absolute atomic E-state index is 0.270. The maximum Gasteiger partial charge on any atom is 0.111 e. The average molecular weight is 311 g/mol. The van der Waals surface area contributed by atoms with Gasteiger partial charge >= 0.3 is 0 Å². The van der Waals surface area contributed by atoms with Crippen LogP contribution in [-0.2, 0) is 0 Å². The highest BCUT2D eigenvalue weighted by atomic mass is 15.4. The van der Waals surface area contributed by atoms with Crippen molar-refractivity contribution in [1.82, 2.24) is 9.80 Å². The standard InChI is InChI=1S/C20H29N3/c1-7-8-13-23(18(5)22-15-14-21(6)17(22)4)20-12-10-9-11-19(20)16(2)3/h8-17H,5,7H2,1-4,6H3/b13-8-/t17-/m0/s1. The van der Waals surface area contributed by atoms with Crippen LogP contribution < -0.4 is 4.90 Å². The van der Waals surface area contributed by atoms with E-state index in [0.29, 0.717) is 5.92 Å². The van der Waals surface area contributed by atoms with Crippen molar-refractivity contribution in [1.29, 1.82) is 0 Å². The molecule has 3 nitrogen and oxygen atoms in total. The monoisotopic (exact) mass is 311 g/mol. The normalized spacial score (nSPS) is 17.6. The predicted molar refractivity (Wildman–Crippen MR) is 99.8 cm³/mol. The number of benzene rings is 1. The number of rotatable bonds is 6. The minimum Gasteiger partial charge on any atom is -0.359 e. The largest absolute Gasteiger partial charge is 0.359 e. The summed E-state index contributed by atoms with van der Waals surface area (Å²) in [5.74, 6) is 1.43. The lowest BCUT2D eigenvalue weighted by atomic mass is 10.0. The molecule has 0 aliphatic carbocycles. The van der Waals surface area contributed by atoms with Crippen LogP contribution in [0.4, 0.5) is 5.69 Å². The molecule has 1 atom stereocenters. The van der Waals surface area contributed by atoms with Gasteiger partial charge in [0.1, 0.15) is 12.0 Å². The lowest BCUT2D eigenvalue weighted by Gasteiger charge is -2.35. The third-order valence-electron chi connectivity index (χ3n) is 4.34. The van der Waals surface area contributed by atoms with Gasteiger partial charge in [0.05, 0.1) is 5.69 Å². The van der Waals surface area contributed by atoms with Crippen LogP contribution in [0, 0.1) is 0 Å². The minimum atomic E-state index is 0.270. The Morgan fingerprint density at radius 1 is 1.30 bits per heavy atom. The van der Waals surface area contributed by atoms with Gasteiger partial charge in [-0.05, 0) is 30.9 Å². The second kappa shape index (κ2) is 7.40. The van der Waals surface area contributed by atoms with Crippen LogP contribution in [0.5, 0.6) is 0 Å². The Morgan fingerprint density at radius 2 is 2.00 bits per heavy atom. The summed E-state index contributed by atoms with van der Waals surface area (Å²) in [4.78, 5) is 6.59. The number of hydrogen-bond acceptors (Lipinski definition) is 3. The first kappa shape index (κ1) is 17.2. The van der Waals surface area contributed by atoms with Crippen molar-refractivity contribution in [2.75, 3.05) is 11.9 Å². The summed E-state index contributed by atoms with van der Waals surface area (Å²) in [5.41, 5.74) is 2.53. The molecule has 1 aromatic rings. The number of nitrogens with zero attached hydrogens (tertiary/aromatic N) is 3. The van der Waals surface area contributed by atoms with E-state index in [2.05, 4.69) is 105 Å². The van der Waals surface area contributed by atoms with Crippen LogP contribution in [0.15, 0.2) is 61.3 Å². The van der Waals surface area contributed by atoms with Crippen molar-refractivity contribution in [3.05, 3.63) is 66.9 Å². The van der Waals surface area contributed by atoms with Crippen molar-refractivity contribution in [3.63, 3.8) is 0 Å². The van der Waals surface area contributed by atoms with Crippen LogP contribution in [0.3, 0.4) is 0 Å². The van der Waals surface area contributed by atoms with Crippen LogP contribution in [-0.4, -0.2) is 23.0 Å². The third kappa shape index (κ3) is 3.61. The molecule has 3 heteroatoms. The second-order valence-electron chi connectivity index (χ2n) is 6.30. The molecule has 2 rings (SSSR count). The first-order chi connectivity index (χ1) is 11.0. The summed E-state index contributed by atoms with van der Waals surface area (Å²) in [6.45, 7) is 13.2. The summed E-state index contributed by atoms with van der Waals surface area (Å²) in [5, 5.41) is 0. The SMILES string of the molecule is C=C(N(/C=C\CC)c1ccccc1C(C)C)N1C=CN(C)[C@@H]1C. The molecule has 1 aliphatic rings. The maximum absolute atomic E-state index is 4.37. The van der Waals surface area contributed by atoms with Gasteiger partial charge in [0, 0.05) is 25.6 Å². The molecule has 1 aliphatic heterocycles. The topological polar surface area (TPSA) is 9.72 Å². The van der Waals surface area contributed by atoms with E-state index >= 15 is 0 Å². The average Bonchev–Trinajstić information content (AvgIpc) is 2.87. The van der Waals surface area contributed by atoms with Gasteiger partial charge in [-0.2, -0.15) is 0 Å². The Bertz CT molecular complexity index is 601. The molecule has 1 aromatic carbocycles. The summed E-state index contributed by atoms with van der Waals surface area (Å²) < 4.78 is 0. The zero-order valence-corrected chi connectivity index (χ0v) is 15.0. The summed E-state index contributed by atoms with van der Waals surface area (Å²) >= 11 is 0. The lowest BCUT2D eigenvalue weighted by Crippen LogP contribution is -2.37. The quantitative estimate of drug-likeness (QED) is 0.725. The highest BCUT2D eigenvalue weighted by molar-refractivity contribution is 5.61. The maximum atomic E-state index is 4.37. The van der Waals surface area contributed by atoms with E-state index in [1.165, 1.54) is 11.3 Å². The smallest absolute Gasteiger partial charge is 0.111 e. The highest BCUT2D eigenvalue weighted by Crippen LogP contribution is 2.32. The molecule has 0 bridgehead atoms. The molecule has 0 amide bonds. The molecule has 0 saturated carbocycles. The van der Waals surface area contributed by atoms with Gasteiger partial charge in [0.25, 0.3) is 0 Å². The van der Waals surface area contributed by atoms with Crippen molar-refractivity contribution < 1.29 is 0 Å². The number of hydrogen-bond donors (Lipinski definition) is 0. The molecule has 0 radical (unpaired) electrons. The molecule has 0 N–H and O–H groups in total. The van der Waals surface area contributed by atoms with Gasteiger partial charge in [-0.1, -0.05) is 51.6 Å². The van der Waals surface area contributed by atoms with E-state index in [-0.39, 0.29) is 6.17 Å². The summed E-state index contributed by atoms with van der Waals surface area (Å²) in [6, 6.07) is 8.58. The lowest BCUT2D eigenvalue weighted by molar-refractivity contribution is 0.231. The van der Waals surface area contributed by atoms with Crippen LogP contribution >= 0.6 is 0 Å². The summed E-state index contributed by atoms with van der Waals surface area (Å²) in [7, 11) is 2.09. The van der Waals surface area contributed by atoms with E-state index in [4.69, 9.17) is 0 Å². The molecule has 0 unspecified atom stereocenters. The van der Waals surface area contributed by atoms with Crippen LogP contribution in [0.25, 0.3) is 0 Å². The second-order valence-corrected chi connectivity index (χ2v) is 6.30. The molecular weight excluding hydrogens is 282 g/mol. The Balaban J connectivity index is 2.40. The fourth-order valence-corrected chi connectivity index (χ4v) is 2.76. The molecule has 0 spiro atoms. The fourth-order valence-electron chi connectivity index (χ4n) is 2.76. The van der Waals surface area contributed by atoms with Crippen molar-refractivity contribution in [3.8, 4) is 0 Å². The fraction of sp³-hybridized carbons (Fsp3) is 0.400. The van der Waals surface area contributed by atoms with Gasteiger partial charge in [-0.15, -0.1) is 0 Å². The molecule has 0 saturated heterocycles. The Hall–Kier alpha value is -2.16. The van der Waals surface area contributed by atoms with Gasteiger partial charge in [0.15, 0.2) is 0 Å². The molecule has 0 aromatic heterocycles. The number of anilines is 1. The number of allylic oxidation sites excluding steroid dienone is 1. The zero-order valence-electron chi connectivity index (χ0n) is 15.0. The number of para-hydroxylation sites is 1. The highest BCUT2D eigenvalue weighted by Gasteiger charge is 2.25. The van der Waals surface area contributed by atoms with Crippen molar-refractivity contribution in [2.45, 2.75) is 46.2 Å². The first-order valence-corrected chi connectivity index (χ1v) is 8.39. The van der Waals surface area contributed by atoms with Crippen LogP contribution in [0.1, 0.15) is 45.6 Å². The van der Waals surface area contributed by atoms with Gasteiger partial charge in [-0.25, -0.2) is 0 Å². The molecule has 23 heavy (non-hydrogen) atoms. The van der Waals surface area contributed by atoms with E-state index in [1.807, 2.05) is 0 Å². The van der Waals surface area contributed by atoms with E-state index in [1.54, 1.807) is 0 Å². The predicted octanol–water partition coefficient (Wildman–Crippen LogP) is 5.08. The Labute approximate surface area is 141 Å². The van der Waals surface area contributed by atoms with Gasteiger partial charge in [0.2, 0.25) is 0 Å². The third-order valence-corrected chi connectivity index (χ3v) is 4.34. The molecular formula is C20H29N3. The van der Waals surface area contributed by atoms with Crippen LogP contribution in [0.2, 0.25) is 0 Å². The zero-order chi connectivity index (χ0) is 17.0. The van der Waals surface area contributed by atoms with Crippen molar-refractivity contribution >= 4 is 5.69 Å². The van der Waals surface area contributed by atoms with E-state index in [9.17, 15) is 0 Å². The van der Waals surface area contributed by atoms with Crippen molar-refractivity contribution in [2.24, 2.45) is 0 Å². The summed E-state index contributed by atoms with van der Waals surface area (Å²) in [6.07, 6.45) is 9.77.